The minimum absolute atomic E-state index is 0.00210. The third-order valence-electron chi connectivity index (χ3n) is 2.81. The van der Waals surface area contributed by atoms with E-state index in [2.05, 4.69) is 37.0 Å². The zero-order valence-corrected chi connectivity index (χ0v) is 11.5. The standard InChI is InChI=1S/C15H15NOS/c1-10-4-5-13(8-11(10)2)18-14-6-7-15(12(3)17)16-9-14/h4-9H,1-3H3. The Morgan fingerprint density at radius 2 is 1.78 bits per heavy atom. The van der Waals surface area contributed by atoms with E-state index in [-0.39, 0.29) is 5.78 Å². The second kappa shape index (κ2) is 5.36. The lowest BCUT2D eigenvalue weighted by Gasteiger charge is -2.05. The molecule has 0 saturated heterocycles. The largest absolute Gasteiger partial charge is 0.293 e. The molecule has 0 radical (unpaired) electrons. The van der Waals surface area contributed by atoms with Gasteiger partial charge in [0, 0.05) is 22.9 Å². The Hall–Kier alpha value is -1.61. The first-order valence-corrected chi connectivity index (χ1v) is 6.60. The normalized spacial score (nSPS) is 10.4. The molecule has 18 heavy (non-hydrogen) atoms. The molecule has 2 aromatic rings. The van der Waals surface area contributed by atoms with Crippen molar-refractivity contribution < 1.29 is 4.79 Å². The van der Waals surface area contributed by atoms with Crippen molar-refractivity contribution in [2.24, 2.45) is 0 Å². The summed E-state index contributed by atoms with van der Waals surface area (Å²) in [5.41, 5.74) is 3.09. The number of aromatic nitrogens is 1. The van der Waals surface area contributed by atoms with Crippen molar-refractivity contribution in [1.82, 2.24) is 4.98 Å². The summed E-state index contributed by atoms with van der Waals surface area (Å²) in [6, 6.07) is 10.1. The summed E-state index contributed by atoms with van der Waals surface area (Å²) in [6.07, 6.45) is 1.75. The van der Waals surface area contributed by atoms with Gasteiger partial charge in [0.2, 0.25) is 0 Å². The predicted molar refractivity (Wildman–Crippen MR) is 74.3 cm³/mol. The van der Waals surface area contributed by atoms with Crippen molar-refractivity contribution in [2.75, 3.05) is 0 Å². The SMILES string of the molecule is CC(=O)c1ccc(Sc2ccc(C)c(C)c2)cn1. The van der Waals surface area contributed by atoms with E-state index in [1.54, 1.807) is 24.0 Å². The minimum atomic E-state index is -0.00210. The molecule has 0 unspecified atom stereocenters. The average molecular weight is 257 g/mol. The maximum absolute atomic E-state index is 11.1. The molecule has 0 atom stereocenters. The van der Waals surface area contributed by atoms with Crippen molar-refractivity contribution >= 4 is 17.5 Å². The Morgan fingerprint density at radius 3 is 2.33 bits per heavy atom. The zero-order valence-electron chi connectivity index (χ0n) is 10.7. The molecule has 0 aliphatic carbocycles. The minimum Gasteiger partial charge on any atom is -0.293 e. The molecule has 0 amide bonds. The summed E-state index contributed by atoms with van der Waals surface area (Å²) >= 11 is 1.66. The van der Waals surface area contributed by atoms with E-state index in [1.807, 2.05) is 6.07 Å². The van der Waals surface area contributed by atoms with E-state index in [0.29, 0.717) is 5.69 Å². The van der Waals surface area contributed by atoms with Crippen LogP contribution in [0.5, 0.6) is 0 Å². The van der Waals surface area contributed by atoms with Crippen LogP contribution in [-0.2, 0) is 0 Å². The number of carbonyl (C=O) groups excluding carboxylic acids is 1. The summed E-state index contributed by atoms with van der Waals surface area (Å²) in [5.74, 6) is -0.00210. The number of pyridine rings is 1. The van der Waals surface area contributed by atoms with Crippen LogP contribution in [0.4, 0.5) is 0 Å². The Kier molecular flexibility index (Phi) is 3.82. The van der Waals surface area contributed by atoms with Crippen molar-refractivity contribution in [2.45, 2.75) is 30.6 Å². The molecule has 0 fully saturated rings. The first-order valence-electron chi connectivity index (χ1n) is 5.78. The quantitative estimate of drug-likeness (QED) is 0.777. The van der Waals surface area contributed by atoms with E-state index in [1.165, 1.54) is 22.9 Å². The summed E-state index contributed by atoms with van der Waals surface area (Å²) in [5, 5.41) is 0. The monoisotopic (exact) mass is 257 g/mol. The molecule has 1 aromatic carbocycles. The molecule has 0 N–H and O–H groups in total. The predicted octanol–water partition coefficient (Wildman–Crippen LogP) is 4.05. The highest BCUT2D eigenvalue weighted by Gasteiger charge is 2.03. The molecule has 0 spiro atoms. The number of hydrogen-bond donors (Lipinski definition) is 0. The van der Waals surface area contributed by atoms with Gasteiger partial charge in [-0.05, 0) is 49.2 Å². The van der Waals surface area contributed by atoms with Crippen LogP contribution in [-0.4, -0.2) is 10.8 Å². The molecule has 0 saturated carbocycles. The van der Waals surface area contributed by atoms with Crippen LogP contribution in [0, 0.1) is 13.8 Å². The summed E-state index contributed by atoms with van der Waals surface area (Å²) < 4.78 is 0. The van der Waals surface area contributed by atoms with Gasteiger partial charge >= 0.3 is 0 Å². The van der Waals surface area contributed by atoms with Crippen LogP contribution < -0.4 is 0 Å². The van der Waals surface area contributed by atoms with Crippen molar-refractivity contribution in [1.29, 1.82) is 0 Å². The number of nitrogens with zero attached hydrogens (tertiary/aromatic N) is 1. The van der Waals surface area contributed by atoms with Gasteiger partial charge in [0.15, 0.2) is 5.78 Å². The zero-order chi connectivity index (χ0) is 13.1. The molecule has 1 aromatic heterocycles. The molecular weight excluding hydrogens is 242 g/mol. The van der Waals surface area contributed by atoms with Gasteiger partial charge in [0.05, 0.1) is 0 Å². The third kappa shape index (κ3) is 2.99. The van der Waals surface area contributed by atoms with E-state index < -0.39 is 0 Å². The van der Waals surface area contributed by atoms with Crippen molar-refractivity contribution in [3.05, 3.63) is 53.3 Å². The van der Waals surface area contributed by atoms with E-state index in [0.717, 1.165) is 4.90 Å². The molecule has 0 aliphatic rings. The lowest BCUT2D eigenvalue weighted by atomic mass is 10.1. The summed E-state index contributed by atoms with van der Waals surface area (Å²) in [7, 11) is 0. The smallest absolute Gasteiger partial charge is 0.178 e. The number of carbonyl (C=O) groups is 1. The second-order valence-electron chi connectivity index (χ2n) is 4.28. The fraction of sp³-hybridized carbons (Fsp3) is 0.200. The number of hydrogen-bond acceptors (Lipinski definition) is 3. The molecule has 0 bridgehead atoms. The Balaban J connectivity index is 2.18. The first kappa shape index (κ1) is 12.8. The van der Waals surface area contributed by atoms with Crippen LogP contribution >= 0.6 is 11.8 Å². The summed E-state index contributed by atoms with van der Waals surface area (Å²) in [6.45, 7) is 5.74. The van der Waals surface area contributed by atoms with Gasteiger partial charge in [-0.15, -0.1) is 0 Å². The maximum atomic E-state index is 11.1. The number of ketones is 1. The van der Waals surface area contributed by atoms with Gasteiger partial charge in [0.1, 0.15) is 5.69 Å². The number of benzene rings is 1. The van der Waals surface area contributed by atoms with Gasteiger partial charge in [0.25, 0.3) is 0 Å². The van der Waals surface area contributed by atoms with Crippen LogP contribution in [0.15, 0.2) is 46.3 Å². The second-order valence-corrected chi connectivity index (χ2v) is 5.43. The topological polar surface area (TPSA) is 30.0 Å². The van der Waals surface area contributed by atoms with Crippen LogP contribution in [0.3, 0.4) is 0 Å². The molecule has 0 aliphatic heterocycles. The lowest BCUT2D eigenvalue weighted by Crippen LogP contribution is -1.95. The highest BCUT2D eigenvalue weighted by molar-refractivity contribution is 7.99. The fourth-order valence-electron chi connectivity index (χ4n) is 1.56. The number of aryl methyl sites for hydroxylation is 2. The van der Waals surface area contributed by atoms with Gasteiger partial charge in [-0.1, -0.05) is 17.8 Å². The van der Waals surface area contributed by atoms with Crippen LogP contribution in [0.2, 0.25) is 0 Å². The van der Waals surface area contributed by atoms with E-state index >= 15 is 0 Å². The third-order valence-corrected chi connectivity index (χ3v) is 3.78. The van der Waals surface area contributed by atoms with Gasteiger partial charge in [-0.25, -0.2) is 0 Å². The number of Topliss-reactive ketones (excluding diaryl/α,β-unsaturated/α-hetero) is 1. The molecule has 92 valence electrons. The Bertz CT molecular complexity index is 576. The van der Waals surface area contributed by atoms with E-state index in [4.69, 9.17) is 0 Å². The fourth-order valence-corrected chi connectivity index (χ4v) is 2.45. The molecular formula is C15H15NOS. The highest BCUT2D eigenvalue weighted by atomic mass is 32.2. The Morgan fingerprint density at radius 1 is 1.06 bits per heavy atom. The van der Waals surface area contributed by atoms with Crippen molar-refractivity contribution in [3.8, 4) is 0 Å². The molecule has 2 nitrogen and oxygen atoms in total. The van der Waals surface area contributed by atoms with Gasteiger partial charge < -0.3 is 0 Å². The first-order chi connectivity index (χ1) is 8.56. The lowest BCUT2D eigenvalue weighted by molar-refractivity contribution is 0.101. The number of rotatable bonds is 3. The van der Waals surface area contributed by atoms with Crippen LogP contribution in [0.25, 0.3) is 0 Å². The average Bonchev–Trinajstić information content (AvgIpc) is 2.34. The van der Waals surface area contributed by atoms with Crippen LogP contribution in [0.1, 0.15) is 28.5 Å². The summed E-state index contributed by atoms with van der Waals surface area (Å²) in [4.78, 5) is 17.5. The maximum Gasteiger partial charge on any atom is 0.178 e. The highest BCUT2D eigenvalue weighted by Crippen LogP contribution is 2.28. The van der Waals surface area contributed by atoms with Crippen molar-refractivity contribution in [3.63, 3.8) is 0 Å². The molecule has 3 heteroatoms. The van der Waals surface area contributed by atoms with Gasteiger partial charge in [-0.3, -0.25) is 9.78 Å². The Labute approximate surface area is 111 Å². The molecule has 1 heterocycles. The van der Waals surface area contributed by atoms with E-state index in [9.17, 15) is 4.79 Å². The molecule has 2 rings (SSSR count). The van der Waals surface area contributed by atoms with Gasteiger partial charge in [-0.2, -0.15) is 0 Å².